The second-order valence-corrected chi connectivity index (χ2v) is 10.4. The van der Waals surface area contributed by atoms with Crippen molar-refractivity contribution in [1.82, 2.24) is 9.21 Å². The molecule has 10 heteroatoms. The van der Waals surface area contributed by atoms with Crippen LogP contribution in [0, 0.1) is 5.92 Å². The minimum Gasteiger partial charge on any atom is -0.393 e. The number of amides is 1. The molecule has 1 N–H and O–H groups in total. The van der Waals surface area contributed by atoms with Gasteiger partial charge in [-0.05, 0) is 44.4 Å². The van der Waals surface area contributed by atoms with Crippen LogP contribution < -0.4 is 0 Å². The van der Waals surface area contributed by atoms with Crippen molar-refractivity contribution in [3.63, 3.8) is 0 Å². The van der Waals surface area contributed by atoms with Gasteiger partial charge in [0.2, 0.25) is 15.9 Å². The molecule has 0 saturated carbocycles. The number of aliphatic hydroxyl groups is 1. The summed E-state index contributed by atoms with van der Waals surface area (Å²) < 4.78 is 33.7. The van der Waals surface area contributed by atoms with E-state index in [1.165, 1.54) is 22.5 Å². The quantitative estimate of drug-likeness (QED) is 0.697. The predicted molar refractivity (Wildman–Crippen MR) is 111 cm³/mol. The lowest BCUT2D eigenvalue weighted by Crippen LogP contribution is -2.55. The number of carbonyl (C=O) groups is 1. The minimum absolute atomic E-state index is 0.0469. The summed E-state index contributed by atoms with van der Waals surface area (Å²) in [5.74, 6) is -0.669. The van der Waals surface area contributed by atoms with Gasteiger partial charge in [-0.15, -0.1) is 0 Å². The lowest BCUT2D eigenvalue weighted by molar-refractivity contribution is -0.135. The molecule has 0 aliphatic carbocycles. The van der Waals surface area contributed by atoms with Crippen LogP contribution in [0.5, 0.6) is 0 Å². The molecule has 2 bridgehead atoms. The van der Waals surface area contributed by atoms with Crippen LogP contribution in [0.3, 0.4) is 0 Å². The number of hydrogen-bond donors (Lipinski definition) is 1. The maximum atomic E-state index is 13.6. The van der Waals surface area contributed by atoms with Gasteiger partial charge in [0.15, 0.2) is 0 Å². The molecule has 4 atom stereocenters. The van der Waals surface area contributed by atoms with E-state index in [1.54, 1.807) is 18.9 Å². The zero-order valence-electron chi connectivity index (χ0n) is 16.4. The summed E-state index contributed by atoms with van der Waals surface area (Å²) in [6.07, 6.45) is 0.935. The third-order valence-corrected chi connectivity index (χ3v) is 8.08. The molecule has 162 valence electrons. The molecule has 3 rings (SSSR count). The number of aliphatic hydroxyl groups excluding tert-OH is 1. The SMILES string of the molecule is COCCN1C[C@H]([C@H](C)O)[C@@H]2CCCC(C1=O)N2S(=O)(=O)c1cc(Cl)cc(Cl)c1. The molecular weight excluding hydrogens is 439 g/mol. The normalized spacial score (nSPS) is 27.0. The number of carbonyl (C=O) groups excluding carboxylic acids is 1. The van der Waals surface area contributed by atoms with E-state index in [9.17, 15) is 18.3 Å². The number of fused-ring (bicyclic) bond motifs is 2. The second-order valence-electron chi connectivity index (χ2n) is 7.64. The lowest BCUT2D eigenvalue weighted by atomic mass is 9.87. The number of ether oxygens (including phenoxy) is 1. The Bertz CT molecular complexity index is 844. The first-order valence-electron chi connectivity index (χ1n) is 9.62. The molecular formula is C19H26Cl2N2O5S. The highest BCUT2D eigenvalue weighted by Crippen LogP contribution is 2.39. The van der Waals surface area contributed by atoms with Crippen LogP contribution in [0.15, 0.2) is 23.1 Å². The van der Waals surface area contributed by atoms with Crippen LogP contribution >= 0.6 is 23.2 Å². The fraction of sp³-hybridized carbons (Fsp3) is 0.632. The molecule has 7 nitrogen and oxygen atoms in total. The Morgan fingerprint density at radius 1 is 1.24 bits per heavy atom. The van der Waals surface area contributed by atoms with E-state index in [-0.39, 0.29) is 27.4 Å². The summed E-state index contributed by atoms with van der Waals surface area (Å²) in [4.78, 5) is 14.9. The number of methoxy groups -OCH3 is 1. The smallest absolute Gasteiger partial charge is 0.244 e. The fourth-order valence-corrected chi connectivity index (χ4v) is 6.94. The Kier molecular flexibility index (Phi) is 7.13. The molecule has 1 aromatic rings. The van der Waals surface area contributed by atoms with Crippen molar-refractivity contribution < 1.29 is 23.1 Å². The second kappa shape index (κ2) is 9.08. The first kappa shape index (κ1) is 22.8. The van der Waals surface area contributed by atoms with Crippen molar-refractivity contribution in [1.29, 1.82) is 0 Å². The highest BCUT2D eigenvalue weighted by atomic mass is 35.5. The number of benzene rings is 1. The molecule has 1 amide bonds. The van der Waals surface area contributed by atoms with Crippen molar-refractivity contribution in [2.75, 3.05) is 26.8 Å². The highest BCUT2D eigenvalue weighted by Gasteiger charge is 2.51. The maximum absolute atomic E-state index is 13.6. The van der Waals surface area contributed by atoms with E-state index >= 15 is 0 Å². The summed E-state index contributed by atoms with van der Waals surface area (Å²) in [7, 11) is -2.51. The summed E-state index contributed by atoms with van der Waals surface area (Å²) >= 11 is 12.1. The van der Waals surface area contributed by atoms with Crippen LogP contribution in [-0.4, -0.2) is 73.6 Å². The zero-order chi connectivity index (χ0) is 21.3. The zero-order valence-corrected chi connectivity index (χ0v) is 18.8. The molecule has 0 radical (unpaired) electrons. The van der Waals surface area contributed by atoms with Gasteiger partial charge in [-0.3, -0.25) is 4.79 Å². The molecule has 0 spiro atoms. The van der Waals surface area contributed by atoms with Crippen molar-refractivity contribution >= 4 is 39.1 Å². The van der Waals surface area contributed by atoms with Gasteiger partial charge in [0, 0.05) is 42.2 Å². The summed E-state index contributed by atoms with van der Waals surface area (Å²) in [5.41, 5.74) is 0. The third-order valence-electron chi connectivity index (χ3n) is 5.73. The molecule has 2 heterocycles. The van der Waals surface area contributed by atoms with E-state index in [0.717, 1.165) is 0 Å². The maximum Gasteiger partial charge on any atom is 0.244 e. The number of piperidine rings is 1. The van der Waals surface area contributed by atoms with Crippen molar-refractivity contribution in [3.8, 4) is 0 Å². The van der Waals surface area contributed by atoms with E-state index in [2.05, 4.69) is 0 Å². The Morgan fingerprint density at radius 2 is 1.90 bits per heavy atom. The first-order chi connectivity index (χ1) is 13.7. The van der Waals surface area contributed by atoms with Crippen LogP contribution in [0.25, 0.3) is 0 Å². The van der Waals surface area contributed by atoms with Crippen LogP contribution in [0.1, 0.15) is 26.2 Å². The monoisotopic (exact) mass is 464 g/mol. The van der Waals surface area contributed by atoms with E-state index < -0.39 is 34.1 Å². The van der Waals surface area contributed by atoms with E-state index in [1.807, 2.05) is 0 Å². The molecule has 2 saturated heterocycles. The highest BCUT2D eigenvalue weighted by molar-refractivity contribution is 7.89. The molecule has 2 aliphatic rings. The largest absolute Gasteiger partial charge is 0.393 e. The lowest BCUT2D eigenvalue weighted by Gasteiger charge is -2.41. The topological polar surface area (TPSA) is 87.2 Å². The number of nitrogens with zero attached hydrogens (tertiary/aromatic N) is 2. The van der Waals surface area contributed by atoms with Gasteiger partial charge >= 0.3 is 0 Å². The number of hydrogen-bond acceptors (Lipinski definition) is 5. The fourth-order valence-electron chi connectivity index (χ4n) is 4.34. The predicted octanol–water partition coefficient (Wildman–Crippen LogP) is 2.39. The van der Waals surface area contributed by atoms with Gasteiger partial charge in [0.05, 0.1) is 17.6 Å². The summed E-state index contributed by atoms with van der Waals surface area (Å²) in [6, 6.07) is 2.83. The van der Waals surface area contributed by atoms with E-state index in [4.69, 9.17) is 27.9 Å². The molecule has 1 unspecified atom stereocenters. The first-order valence-corrected chi connectivity index (χ1v) is 11.8. The Balaban J connectivity index is 2.09. The van der Waals surface area contributed by atoms with Crippen molar-refractivity contribution in [2.24, 2.45) is 5.92 Å². The molecule has 1 aromatic carbocycles. The Hall–Kier alpha value is -0.900. The van der Waals surface area contributed by atoms with Gasteiger partial charge < -0.3 is 14.7 Å². The van der Waals surface area contributed by atoms with Gasteiger partial charge in [-0.1, -0.05) is 23.2 Å². The average Bonchev–Trinajstić information content (AvgIpc) is 2.72. The van der Waals surface area contributed by atoms with Crippen molar-refractivity contribution in [2.45, 2.75) is 49.3 Å². The summed E-state index contributed by atoms with van der Waals surface area (Å²) in [6.45, 7) is 2.61. The van der Waals surface area contributed by atoms with Crippen LogP contribution in [0.2, 0.25) is 10.0 Å². The average molecular weight is 465 g/mol. The van der Waals surface area contributed by atoms with Gasteiger partial charge in [-0.2, -0.15) is 4.31 Å². The number of rotatable bonds is 6. The Labute approximate surface area is 181 Å². The minimum atomic E-state index is -4.06. The van der Waals surface area contributed by atoms with Crippen molar-refractivity contribution in [3.05, 3.63) is 28.2 Å². The van der Waals surface area contributed by atoms with Gasteiger partial charge in [0.1, 0.15) is 6.04 Å². The van der Waals surface area contributed by atoms with Crippen LogP contribution in [0.4, 0.5) is 0 Å². The third kappa shape index (κ3) is 4.57. The van der Waals surface area contributed by atoms with E-state index in [0.29, 0.717) is 32.4 Å². The number of halogens is 2. The standard InChI is InChI=1S/C19H26Cl2N2O5S/c1-12(24)16-11-22(6-7-28-2)19(25)18-5-3-4-17(16)23(18)29(26,27)15-9-13(20)8-14(21)10-15/h8-10,12,16-18,24H,3-7,11H2,1-2H3/t12-,16+,17-,18?/m0/s1. The number of sulfonamides is 1. The Morgan fingerprint density at radius 3 is 2.48 bits per heavy atom. The molecule has 0 aromatic heterocycles. The van der Waals surface area contributed by atoms with Crippen LogP contribution in [-0.2, 0) is 19.6 Å². The van der Waals surface area contributed by atoms with Gasteiger partial charge in [0.25, 0.3) is 0 Å². The van der Waals surface area contributed by atoms with Gasteiger partial charge in [-0.25, -0.2) is 8.42 Å². The molecule has 2 aliphatic heterocycles. The molecule has 2 fully saturated rings. The summed E-state index contributed by atoms with van der Waals surface area (Å²) in [5, 5.41) is 10.9. The molecule has 29 heavy (non-hydrogen) atoms.